The third-order valence-electron chi connectivity index (χ3n) is 4.53. The van der Waals surface area contributed by atoms with E-state index in [-0.39, 0.29) is 18.1 Å². The van der Waals surface area contributed by atoms with Crippen molar-refractivity contribution in [1.82, 2.24) is 20.5 Å². The van der Waals surface area contributed by atoms with E-state index in [2.05, 4.69) is 15.6 Å². The van der Waals surface area contributed by atoms with Crippen molar-refractivity contribution in [3.63, 3.8) is 0 Å². The zero-order valence-electron chi connectivity index (χ0n) is 12.7. The van der Waals surface area contributed by atoms with Crippen molar-refractivity contribution in [1.29, 1.82) is 0 Å². The van der Waals surface area contributed by atoms with Crippen LogP contribution in [0.2, 0.25) is 0 Å². The number of carbonyl (C=O) groups is 3. The minimum atomic E-state index is -0.827. The van der Waals surface area contributed by atoms with Gasteiger partial charge in [-0.05, 0) is 18.2 Å². The average Bonchev–Trinajstić information content (AvgIpc) is 3.06. The Morgan fingerprint density at radius 2 is 2.17 bits per heavy atom. The molecular weight excluding hydrogens is 315 g/mol. The van der Waals surface area contributed by atoms with Crippen molar-refractivity contribution < 1.29 is 18.8 Å². The van der Waals surface area contributed by atoms with Gasteiger partial charge in [-0.3, -0.25) is 14.9 Å². The highest BCUT2D eigenvalue weighted by molar-refractivity contribution is 6.05. The quantitative estimate of drug-likeness (QED) is 0.711. The van der Waals surface area contributed by atoms with Crippen LogP contribution in [0.5, 0.6) is 0 Å². The van der Waals surface area contributed by atoms with E-state index in [0.717, 1.165) is 22.2 Å². The molecule has 124 valence electrons. The Morgan fingerprint density at radius 3 is 2.92 bits per heavy atom. The molecule has 4 rings (SSSR count). The molecule has 3 heterocycles. The van der Waals surface area contributed by atoms with Crippen LogP contribution in [0.4, 0.5) is 9.18 Å². The summed E-state index contributed by atoms with van der Waals surface area (Å²) < 4.78 is 13.5. The molecule has 3 N–H and O–H groups in total. The molecule has 0 saturated carbocycles. The predicted octanol–water partition coefficient (Wildman–Crippen LogP) is 0.790. The molecule has 0 spiro atoms. The lowest BCUT2D eigenvalue weighted by atomic mass is 10.0. The van der Waals surface area contributed by atoms with Gasteiger partial charge in [0, 0.05) is 41.7 Å². The molecule has 2 aromatic rings. The summed E-state index contributed by atoms with van der Waals surface area (Å²) in [5.74, 6) is -1.02. The van der Waals surface area contributed by atoms with Gasteiger partial charge in [0.2, 0.25) is 5.91 Å². The van der Waals surface area contributed by atoms with Crippen LogP contribution >= 0.6 is 0 Å². The van der Waals surface area contributed by atoms with Crippen molar-refractivity contribution in [2.75, 3.05) is 6.54 Å². The van der Waals surface area contributed by atoms with E-state index in [1.165, 1.54) is 12.1 Å². The number of imide groups is 1. The van der Waals surface area contributed by atoms with Crippen molar-refractivity contribution >= 4 is 28.7 Å². The number of urea groups is 1. The number of nitrogens with zero attached hydrogens (tertiary/aromatic N) is 1. The van der Waals surface area contributed by atoms with Gasteiger partial charge in [0.05, 0.1) is 6.42 Å². The van der Waals surface area contributed by atoms with E-state index in [9.17, 15) is 18.8 Å². The number of aromatic nitrogens is 1. The monoisotopic (exact) mass is 330 g/mol. The second-order valence-corrected chi connectivity index (χ2v) is 6.06. The summed E-state index contributed by atoms with van der Waals surface area (Å²) in [6.45, 7) is 0.878. The molecule has 1 saturated heterocycles. The molecular formula is C16H15FN4O3. The van der Waals surface area contributed by atoms with Gasteiger partial charge < -0.3 is 15.2 Å². The highest BCUT2D eigenvalue weighted by Gasteiger charge is 2.33. The second-order valence-electron chi connectivity index (χ2n) is 6.06. The number of rotatable bonds is 2. The first-order chi connectivity index (χ1) is 11.5. The number of benzene rings is 1. The molecule has 2 aliphatic heterocycles. The zero-order valence-corrected chi connectivity index (χ0v) is 12.7. The van der Waals surface area contributed by atoms with Crippen LogP contribution in [0, 0.1) is 5.82 Å². The fourth-order valence-electron chi connectivity index (χ4n) is 3.31. The molecule has 4 amide bonds. The molecule has 1 fully saturated rings. The number of fused-ring (bicyclic) bond motifs is 3. The highest BCUT2D eigenvalue weighted by atomic mass is 19.1. The number of hydrogen-bond donors (Lipinski definition) is 3. The Kier molecular flexibility index (Phi) is 3.26. The topological polar surface area (TPSA) is 94.3 Å². The van der Waals surface area contributed by atoms with E-state index in [1.54, 1.807) is 11.0 Å². The summed E-state index contributed by atoms with van der Waals surface area (Å²) in [6.07, 6.45) is 0.560. The normalized spacial score (nSPS) is 20.0. The molecule has 0 unspecified atom stereocenters. The molecule has 0 aliphatic carbocycles. The van der Waals surface area contributed by atoms with Gasteiger partial charge in [-0.1, -0.05) is 0 Å². The van der Waals surface area contributed by atoms with E-state index in [0.29, 0.717) is 19.5 Å². The van der Waals surface area contributed by atoms with Gasteiger partial charge in [0.25, 0.3) is 5.91 Å². The van der Waals surface area contributed by atoms with Gasteiger partial charge >= 0.3 is 6.03 Å². The van der Waals surface area contributed by atoms with Crippen LogP contribution in [0.3, 0.4) is 0 Å². The number of halogens is 1. The third-order valence-corrected chi connectivity index (χ3v) is 4.53. The van der Waals surface area contributed by atoms with Crippen LogP contribution in [0.1, 0.15) is 17.7 Å². The van der Waals surface area contributed by atoms with Crippen molar-refractivity contribution in [2.45, 2.75) is 25.4 Å². The van der Waals surface area contributed by atoms with E-state index >= 15 is 0 Å². The highest BCUT2D eigenvalue weighted by Crippen LogP contribution is 2.28. The SMILES string of the molecule is O=C1NC(=O)[C@@H](CC(=O)N2CCc3[nH]c4ccc(F)cc4c3C2)N1. The minimum Gasteiger partial charge on any atom is -0.358 e. The molecule has 2 aliphatic rings. The van der Waals surface area contributed by atoms with Gasteiger partial charge in [0.1, 0.15) is 11.9 Å². The Balaban J connectivity index is 1.54. The fourth-order valence-corrected chi connectivity index (χ4v) is 3.31. The molecule has 1 aromatic heterocycles. The summed E-state index contributed by atoms with van der Waals surface area (Å²) in [5, 5.41) is 5.31. The largest absolute Gasteiger partial charge is 0.358 e. The van der Waals surface area contributed by atoms with E-state index < -0.39 is 18.0 Å². The molecule has 7 nitrogen and oxygen atoms in total. The van der Waals surface area contributed by atoms with Crippen LogP contribution in [0.25, 0.3) is 10.9 Å². The molecule has 1 aromatic carbocycles. The van der Waals surface area contributed by atoms with E-state index in [4.69, 9.17) is 0 Å². The number of carbonyl (C=O) groups excluding carboxylic acids is 3. The zero-order chi connectivity index (χ0) is 16.8. The van der Waals surface area contributed by atoms with Gasteiger partial charge in [-0.15, -0.1) is 0 Å². The van der Waals surface area contributed by atoms with Crippen molar-refractivity contribution in [3.8, 4) is 0 Å². The number of hydrogen-bond acceptors (Lipinski definition) is 3. The molecule has 1 atom stereocenters. The smallest absolute Gasteiger partial charge is 0.322 e. The maximum Gasteiger partial charge on any atom is 0.322 e. The van der Waals surface area contributed by atoms with Crippen LogP contribution in [-0.2, 0) is 22.6 Å². The predicted molar refractivity (Wildman–Crippen MR) is 82.5 cm³/mol. The number of aromatic amines is 1. The summed E-state index contributed by atoms with van der Waals surface area (Å²) in [7, 11) is 0. The maximum absolute atomic E-state index is 13.5. The first-order valence-corrected chi connectivity index (χ1v) is 7.69. The Labute approximate surface area is 136 Å². The Hall–Kier alpha value is -2.90. The number of nitrogens with one attached hydrogen (secondary N) is 3. The first kappa shape index (κ1) is 14.7. The molecule has 24 heavy (non-hydrogen) atoms. The second kappa shape index (κ2) is 5.33. The van der Waals surface area contributed by atoms with Crippen molar-refractivity contribution in [3.05, 3.63) is 35.3 Å². The fraction of sp³-hybridized carbons (Fsp3) is 0.312. The van der Waals surface area contributed by atoms with Crippen LogP contribution < -0.4 is 10.6 Å². The maximum atomic E-state index is 13.5. The minimum absolute atomic E-state index is 0.0797. The third kappa shape index (κ3) is 2.40. The van der Waals surface area contributed by atoms with Crippen LogP contribution in [-0.4, -0.2) is 40.3 Å². The summed E-state index contributed by atoms with van der Waals surface area (Å²) >= 11 is 0. The van der Waals surface area contributed by atoms with E-state index in [1.807, 2.05) is 0 Å². The Morgan fingerprint density at radius 1 is 1.33 bits per heavy atom. The summed E-state index contributed by atoms with van der Waals surface area (Å²) in [4.78, 5) is 40.0. The van der Waals surface area contributed by atoms with Crippen LogP contribution in [0.15, 0.2) is 18.2 Å². The standard InChI is InChI=1S/C16H15FN4O3/c17-8-1-2-11-9(5-8)10-7-21(4-3-12(10)18-11)14(22)6-13-15(23)20-16(24)19-13/h1-2,5,13,18H,3-4,6-7H2,(H2,19,20,23,24)/t13-/m1/s1. The van der Waals surface area contributed by atoms with Gasteiger partial charge in [0.15, 0.2) is 0 Å². The molecule has 0 radical (unpaired) electrons. The average molecular weight is 330 g/mol. The lowest BCUT2D eigenvalue weighted by Crippen LogP contribution is -2.41. The molecule has 8 heteroatoms. The summed E-state index contributed by atoms with van der Waals surface area (Å²) in [6, 6.07) is 3.14. The lowest BCUT2D eigenvalue weighted by molar-refractivity contribution is -0.134. The van der Waals surface area contributed by atoms with Gasteiger partial charge in [-0.25, -0.2) is 9.18 Å². The van der Waals surface area contributed by atoms with Gasteiger partial charge in [-0.2, -0.15) is 0 Å². The number of amides is 4. The summed E-state index contributed by atoms with van der Waals surface area (Å²) in [5.41, 5.74) is 2.76. The molecule has 0 bridgehead atoms. The first-order valence-electron chi connectivity index (χ1n) is 7.69. The number of H-pyrrole nitrogens is 1. The van der Waals surface area contributed by atoms with Crippen molar-refractivity contribution in [2.24, 2.45) is 0 Å². The lowest BCUT2D eigenvalue weighted by Gasteiger charge is -2.28. The Bertz CT molecular complexity index is 876.